The lowest BCUT2D eigenvalue weighted by Crippen LogP contribution is -2.17. The van der Waals surface area contributed by atoms with E-state index >= 15 is 0 Å². The molecule has 2 N–H and O–H groups in total. The summed E-state index contributed by atoms with van der Waals surface area (Å²) >= 11 is 1.45. The number of fused-ring (bicyclic) bond motifs is 1. The van der Waals surface area contributed by atoms with Crippen LogP contribution in [0.2, 0.25) is 0 Å². The van der Waals surface area contributed by atoms with Crippen molar-refractivity contribution in [1.82, 2.24) is 14.5 Å². The Balaban J connectivity index is 2.20. The number of carboxylic acid groups (broad SMARTS) is 1. The molecule has 7 heteroatoms. The van der Waals surface area contributed by atoms with Crippen molar-refractivity contribution in [1.29, 1.82) is 0 Å². The minimum absolute atomic E-state index is 0.0895. The van der Waals surface area contributed by atoms with Crippen molar-refractivity contribution in [3.05, 3.63) is 50.8 Å². The number of aromatic nitrogens is 3. The lowest BCUT2D eigenvalue weighted by molar-refractivity contribution is 0.0699. The molecule has 0 aliphatic heterocycles. The van der Waals surface area contributed by atoms with Crippen LogP contribution in [0.3, 0.4) is 0 Å². The number of nitrogens with zero attached hydrogens (tertiary/aromatic N) is 2. The van der Waals surface area contributed by atoms with Gasteiger partial charge in [0.05, 0.1) is 34.3 Å². The first-order valence-electron chi connectivity index (χ1n) is 5.48. The SMILES string of the molecule is O=C(O)c1cccc2c1[nH]c(=O)n2Cc1cscn1. The predicted octanol–water partition coefficient (Wildman–Crippen LogP) is 1.53. The quantitative estimate of drug-likeness (QED) is 0.758. The second-order valence-corrected chi connectivity index (χ2v) is 4.72. The Morgan fingerprint density at radius 1 is 1.47 bits per heavy atom. The first-order chi connectivity index (χ1) is 9.16. The molecule has 1 aromatic carbocycles. The van der Waals surface area contributed by atoms with Crippen LogP contribution in [0.5, 0.6) is 0 Å². The molecule has 6 nitrogen and oxygen atoms in total. The molecular formula is C12H9N3O3S. The number of para-hydroxylation sites is 1. The summed E-state index contributed by atoms with van der Waals surface area (Å²) < 4.78 is 1.48. The van der Waals surface area contributed by atoms with Crippen LogP contribution in [0.15, 0.2) is 33.9 Å². The Morgan fingerprint density at radius 3 is 3.00 bits per heavy atom. The summed E-state index contributed by atoms with van der Waals surface area (Å²) in [4.78, 5) is 29.8. The number of hydrogen-bond acceptors (Lipinski definition) is 4. The van der Waals surface area contributed by atoms with E-state index in [9.17, 15) is 9.59 Å². The number of aromatic carboxylic acids is 1. The highest BCUT2D eigenvalue weighted by Crippen LogP contribution is 2.16. The van der Waals surface area contributed by atoms with Crippen LogP contribution in [-0.2, 0) is 6.54 Å². The van der Waals surface area contributed by atoms with E-state index in [0.717, 1.165) is 5.69 Å². The zero-order valence-corrected chi connectivity index (χ0v) is 10.5. The Hall–Kier alpha value is -2.41. The van der Waals surface area contributed by atoms with Crippen LogP contribution < -0.4 is 5.69 Å². The second kappa shape index (κ2) is 4.36. The van der Waals surface area contributed by atoms with E-state index in [-0.39, 0.29) is 11.3 Å². The molecule has 2 heterocycles. The number of hydrogen-bond donors (Lipinski definition) is 2. The Kier molecular flexibility index (Phi) is 2.68. The maximum atomic E-state index is 11.9. The molecule has 96 valence electrons. The van der Waals surface area contributed by atoms with Gasteiger partial charge < -0.3 is 10.1 Å². The first kappa shape index (κ1) is 11.7. The van der Waals surface area contributed by atoms with E-state index < -0.39 is 5.97 Å². The minimum Gasteiger partial charge on any atom is -0.478 e. The van der Waals surface area contributed by atoms with E-state index in [1.807, 2.05) is 5.38 Å². The highest BCUT2D eigenvalue weighted by atomic mass is 32.1. The van der Waals surface area contributed by atoms with Gasteiger partial charge in [0.2, 0.25) is 0 Å². The number of aromatic amines is 1. The zero-order chi connectivity index (χ0) is 13.4. The number of H-pyrrole nitrogens is 1. The van der Waals surface area contributed by atoms with Crippen LogP contribution in [0.25, 0.3) is 11.0 Å². The number of carboxylic acids is 1. The van der Waals surface area contributed by atoms with Gasteiger partial charge in [0, 0.05) is 5.38 Å². The van der Waals surface area contributed by atoms with Crippen molar-refractivity contribution in [2.45, 2.75) is 6.54 Å². The minimum atomic E-state index is -1.06. The monoisotopic (exact) mass is 275 g/mol. The fourth-order valence-corrected chi connectivity index (χ4v) is 2.54. The van der Waals surface area contributed by atoms with Crippen molar-refractivity contribution >= 4 is 28.3 Å². The summed E-state index contributed by atoms with van der Waals surface area (Å²) in [6.07, 6.45) is 0. The Morgan fingerprint density at radius 2 is 2.32 bits per heavy atom. The normalized spacial score (nSPS) is 10.9. The van der Waals surface area contributed by atoms with Crippen LogP contribution in [0.4, 0.5) is 0 Å². The van der Waals surface area contributed by atoms with Gasteiger partial charge >= 0.3 is 11.7 Å². The number of benzene rings is 1. The maximum Gasteiger partial charge on any atom is 0.337 e. The molecule has 0 amide bonds. The average Bonchev–Trinajstić information content (AvgIpc) is 2.98. The second-order valence-electron chi connectivity index (χ2n) is 4.00. The van der Waals surface area contributed by atoms with Crippen LogP contribution in [0, 0.1) is 0 Å². The molecule has 0 spiro atoms. The highest BCUT2D eigenvalue weighted by Gasteiger charge is 2.14. The number of nitrogens with one attached hydrogen (secondary N) is 1. The van der Waals surface area contributed by atoms with Crippen molar-refractivity contribution in [2.75, 3.05) is 0 Å². The van der Waals surface area contributed by atoms with Gasteiger partial charge in [-0.25, -0.2) is 14.6 Å². The fourth-order valence-electron chi connectivity index (χ4n) is 1.99. The molecule has 0 aliphatic rings. The summed E-state index contributed by atoms with van der Waals surface area (Å²) in [6, 6.07) is 4.80. The van der Waals surface area contributed by atoms with Gasteiger partial charge in [-0.15, -0.1) is 11.3 Å². The van der Waals surface area contributed by atoms with Gasteiger partial charge in [-0.05, 0) is 12.1 Å². The van der Waals surface area contributed by atoms with Gasteiger partial charge in [0.25, 0.3) is 0 Å². The fraction of sp³-hybridized carbons (Fsp3) is 0.0833. The topological polar surface area (TPSA) is 88.0 Å². The first-order valence-corrected chi connectivity index (χ1v) is 6.43. The van der Waals surface area contributed by atoms with Gasteiger partial charge in [-0.2, -0.15) is 0 Å². The molecule has 0 fully saturated rings. The summed E-state index contributed by atoms with van der Waals surface area (Å²) in [5.41, 5.74) is 3.13. The molecular weight excluding hydrogens is 266 g/mol. The molecule has 0 saturated heterocycles. The highest BCUT2D eigenvalue weighted by molar-refractivity contribution is 7.07. The molecule has 0 unspecified atom stereocenters. The van der Waals surface area contributed by atoms with Gasteiger partial charge in [0.15, 0.2) is 0 Å². The summed E-state index contributed by atoms with van der Waals surface area (Å²) in [5, 5.41) is 11.0. The molecule has 3 rings (SSSR count). The standard InChI is InChI=1S/C12H9N3O3S/c16-11(17)8-2-1-3-9-10(8)14-12(18)15(9)4-7-5-19-6-13-7/h1-3,5-6H,4H2,(H,14,18)(H,16,17). The van der Waals surface area contributed by atoms with Crippen molar-refractivity contribution < 1.29 is 9.90 Å². The molecule has 19 heavy (non-hydrogen) atoms. The molecule has 0 radical (unpaired) electrons. The van der Waals surface area contributed by atoms with Crippen molar-refractivity contribution in [2.24, 2.45) is 0 Å². The maximum absolute atomic E-state index is 11.9. The molecule has 0 atom stereocenters. The predicted molar refractivity (Wildman–Crippen MR) is 70.7 cm³/mol. The van der Waals surface area contributed by atoms with Crippen LogP contribution in [-0.4, -0.2) is 25.6 Å². The lowest BCUT2D eigenvalue weighted by atomic mass is 10.2. The zero-order valence-electron chi connectivity index (χ0n) is 9.66. The average molecular weight is 275 g/mol. The van der Waals surface area contributed by atoms with E-state index in [1.54, 1.807) is 17.6 Å². The number of thiazole rings is 1. The molecule has 0 saturated carbocycles. The summed E-state index contributed by atoms with van der Waals surface area (Å²) in [7, 11) is 0. The Bertz CT molecular complexity index is 801. The van der Waals surface area contributed by atoms with Crippen molar-refractivity contribution in [3.8, 4) is 0 Å². The number of imidazole rings is 1. The van der Waals surface area contributed by atoms with E-state index in [2.05, 4.69) is 9.97 Å². The third kappa shape index (κ3) is 1.93. The number of rotatable bonds is 3. The van der Waals surface area contributed by atoms with Gasteiger partial charge in [-0.3, -0.25) is 4.57 Å². The van der Waals surface area contributed by atoms with Crippen LogP contribution in [0.1, 0.15) is 16.1 Å². The smallest absolute Gasteiger partial charge is 0.337 e. The third-order valence-electron chi connectivity index (χ3n) is 2.84. The van der Waals surface area contributed by atoms with E-state index in [4.69, 9.17) is 5.11 Å². The van der Waals surface area contributed by atoms with E-state index in [1.165, 1.54) is 22.0 Å². The Labute approximate surface area is 111 Å². The van der Waals surface area contributed by atoms with Crippen LogP contribution >= 0.6 is 11.3 Å². The molecule has 2 aromatic heterocycles. The summed E-state index contributed by atoms with van der Waals surface area (Å²) in [6.45, 7) is 0.325. The van der Waals surface area contributed by atoms with Crippen molar-refractivity contribution in [3.63, 3.8) is 0 Å². The summed E-state index contributed by atoms with van der Waals surface area (Å²) in [5.74, 6) is -1.06. The van der Waals surface area contributed by atoms with Gasteiger partial charge in [-0.1, -0.05) is 6.07 Å². The molecule has 3 aromatic rings. The largest absolute Gasteiger partial charge is 0.478 e. The van der Waals surface area contributed by atoms with E-state index in [0.29, 0.717) is 17.6 Å². The number of carbonyl (C=O) groups is 1. The lowest BCUT2D eigenvalue weighted by Gasteiger charge is -2.01. The van der Waals surface area contributed by atoms with Gasteiger partial charge in [0.1, 0.15) is 0 Å². The molecule has 0 bridgehead atoms. The third-order valence-corrected chi connectivity index (χ3v) is 3.48. The molecule has 0 aliphatic carbocycles.